The van der Waals surface area contributed by atoms with Crippen LogP contribution in [0.2, 0.25) is 0 Å². The van der Waals surface area contributed by atoms with E-state index in [-0.39, 0.29) is 0 Å². The maximum Gasteiger partial charge on any atom is 0.0897 e. The van der Waals surface area contributed by atoms with E-state index < -0.39 is 0 Å². The summed E-state index contributed by atoms with van der Waals surface area (Å²) in [7, 11) is 2.21. The van der Waals surface area contributed by atoms with Gasteiger partial charge < -0.3 is 10.2 Å². The number of nitrogens with zero attached hydrogens (tertiary/aromatic N) is 2. The summed E-state index contributed by atoms with van der Waals surface area (Å²) in [6.07, 6.45) is 3.70. The zero-order valence-electron chi connectivity index (χ0n) is 10.2. The third-order valence-corrected chi connectivity index (χ3v) is 3.93. The van der Waals surface area contributed by atoms with Crippen LogP contribution in [-0.4, -0.2) is 42.6 Å². The van der Waals surface area contributed by atoms with Crippen molar-refractivity contribution in [2.75, 3.05) is 26.7 Å². The predicted molar refractivity (Wildman–Crippen MR) is 69.1 cm³/mol. The molecule has 90 valence electrons. The van der Waals surface area contributed by atoms with Crippen molar-refractivity contribution in [3.63, 3.8) is 0 Å². The van der Waals surface area contributed by atoms with Gasteiger partial charge >= 0.3 is 0 Å². The Morgan fingerprint density at radius 1 is 1.62 bits per heavy atom. The fourth-order valence-electron chi connectivity index (χ4n) is 2.26. The van der Waals surface area contributed by atoms with Crippen molar-refractivity contribution >= 4 is 11.3 Å². The summed E-state index contributed by atoms with van der Waals surface area (Å²) in [6, 6.07) is 0.679. The van der Waals surface area contributed by atoms with Crippen LogP contribution in [0.4, 0.5) is 0 Å². The average molecular weight is 239 g/mol. The molecule has 16 heavy (non-hydrogen) atoms. The van der Waals surface area contributed by atoms with Gasteiger partial charge in [0.05, 0.1) is 10.7 Å². The minimum Gasteiger partial charge on any atom is -0.312 e. The summed E-state index contributed by atoms with van der Waals surface area (Å²) < 4.78 is 0. The summed E-state index contributed by atoms with van der Waals surface area (Å²) in [5.41, 5.74) is 1.24. The van der Waals surface area contributed by atoms with Crippen LogP contribution in [0.5, 0.6) is 0 Å². The monoisotopic (exact) mass is 239 g/mol. The largest absolute Gasteiger partial charge is 0.312 e. The molecular weight excluding hydrogens is 218 g/mol. The average Bonchev–Trinajstić information content (AvgIpc) is 2.64. The Morgan fingerprint density at radius 2 is 2.50 bits per heavy atom. The molecule has 0 saturated carbocycles. The molecule has 0 radical (unpaired) electrons. The van der Waals surface area contributed by atoms with Crippen LogP contribution in [0.25, 0.3) is 0 Å². The van der Waals surface area contributed by atoms with Gasteiger partial charge in [-0.1, -0.05) is 0 Å². The van der Waals surface area contributed by atoms with Crippen molar-refractivity contribution < 1.29 is 0 Å². The molecule has 1 saturated heterocycles. The normalized spacial score (nSPS) is 22.5. The second-order valence-electron chi connectivity index (χ2n) is 4.66. The maximum atomic E-state index is 4.48. The molecule has 1 fully saturated rings. The van der Waals surface area contributed by atoms with Gasteiger partial charge in [-0.15, -0.1) is 11.3 Å². The third-order valence-electron chi connectivity index (χ3n) is 3.11. The number of rotatable bonds is 4. The summed E-state index contributed by atoms with van der Waals surface area (Å²) in [6.45, 7) is 5.57. The Balaban J connectivity index is 1.67. The fraction of sp³-hybridized carbons (Fsp3) is 0.750. The zero-order chi connectivity index (χ0) is 11.4. The van der Waals surface area contributed by atoms with Crippen molar-refractivity contribution in [2.45, 2.75) is 32.2 Å². The van der Waals surface area contributed by atoms with E-state index >= 15 is 0 Å². The molecule has 1 unspecified atom stereocenters. The van der Waals surface area contributed by atoms with Crippen molar-refractivity contribution in [2.24, 2.45) is 0 Å². The first-order valence-corrected chi connectivity index (χ1v) is 6.95. The first-order chi connectivity index (χ1) is 7.74. The van der Waals surface area contributed by atoms with Crippen molar-refractivity contribution in [3.8, 4) is 0 Å². The fourth-order valence-corrected chi connectivity index (χ4v) is 2.91. The highest BCUT2D eigenvalue weighted by atomic mass is 32.1. The summed E-state index contributed by atoms with van der Waals surface area (Å²) in [5.74, 6) is 0. The number of hydrogen-bond acceptors (Lipinski definition) is 4. The van der Waals surface area contributed by atoms with E-state index in [1.54, 1.807) is 11.3 Å². The predicted octanol–water partition coefficient (Wildman–Crippen LogP) is 1.68. The first kappa shape index (κ1) is 12.0. The van der Waals surface area contributed by atoms with E-state index in [0.717, 1.165) is 13.0 Å². The molecule has 0 spiro atoms. The Hall–Kier alpha value is -0.450. The molecule has 0 bridgehead atoms. The number of nitrogens with one attached hydrogen (secondary N) is 1. The van der Waals surface area contributed by atoms with Gasteiger partial charge in [0.1, 0.15) is 0 Å². The second-order valence-corrected chi connectivity index (χ2v) is 5.73. The minimum atomic E-state index is 0.679. The van der Waals surface area contributed by atoms with Gasteiger partial charge in [-0.2, -0.15) is 0 Å². The Morgan fingerprint density at radius 3 is 3.19 bits per heavy atom. The maximum absolute atomic E-state index is 4.48. The van der Waals surface area contributed by atoms with Crippen LogP contribution in [0.1, 0.15) is 23.5 Å². The highest BCUT2D eigenvalue weighted by Gasteiger charge is 2.15. The number of likely N-dealkylation sites (tertiary alicyclic amines) is 1. The third kappa shape index (κ3) is 3.54. The quantitative estimate of drug-likeness (QED) is 0.866. The molecule has 1 atom stereocenters. The molecule has 4 heteroatoms. The Kier molecular flexibility index (Phi) is 4.32. The molecule has 1 N–H and O–H groups in total. The minimum absolute atomic E-state index is 0.679. The van der Waals surface area contributed by atoms with Crippen LogP contribution in [-0.2, 0) is 6.42 Å². The molecule has 1 aliphatic rings. The lowest BCUT2D eigenvalue weighted by Crippen LogP contribution is -2.44. The first-order valence-electron chi connectivity index (χ1n) is 6.07. The van der Waals surface area contributed by atoms with E-state index in [2.05, 4.69) is 34.6 Å². The molecule has 1 aliphatic heterocycles. The second kappa shape index (κ2) is 5.75. The Bertz CT molecular complexity index is 324. The van der Waals surface area contributed by atoms with Crippen LogP contribution < -0.4 is 5.32 Å². The smallest absolute Gasteiger partial charge is 0.0897 e. The van der Waals surface area contributed by atoms with E-state index in [1.807, 2.05) is 0 Å². The lowest BCUT2D eigenvalue weighted by Gasteiger charge is -2.30. The van der Waals surface area contributed by atoms with Gasteiger partial charge in [-0.3, -0.25) is 0 Å². The number of aryl methyl sites for hydroxylation is 1. The van der Waals surface area contributed by atoms with Crippen molar-refractivity contribution in [1.29, 1.82) is 0 Å². The molecule has 0 amide bonds. The molecule has 1 aromatic heterocycles. The molecule has 0 aliphatic carbocycles. The highest BCUT2D eigenvalue weighted by molar-refractivity contribution is 7.09. The van der Waals surface area contributed by atoms with Crippen LogP contribution in [0.15, 0.2) is 5.38 Å². The number of piperidine rings is 1. The molecule has 0 aromatic carbocycles. The standard InChI is InChI=1S/C12H21N3S/c1-10-14-12(9-16-10)5-6-13-11-4-3-7-15(2)8-11/h9,11,13H,3-8H2,1-2H3. The SMILES string of the molecule is Cc1nc(CCNC2CCCN(C)C2)cs1. The van der Waals surface area contributed by atoms with Gasteiger partial charge in [0.15, 0.2) is 0 Å². The van der Waals surface area contributed by atoms with Gasteiger partial charge in [-0.05, 0) is 33.4 Å². The van der Waals surface area contributed by atoms with Crippen LogP contribution in [0.3, 0.4) is 0 Å². The topological polar surface area (TPSA) is 28.2 Å². The number of aromatic nitrogens is 1. The highest BCUT2D eigenvalue weighted by Crippen LogP contribution is 2.10. The van der Waals surface area contributed by atoms with E-state index in [1.165, 1.54) is 36.6 Å². The lowest BCUT2D eigenvalue weighted by atomic mass is 10.1. The lowest BCUT2D eigenvalue weighted by molar-refractivity contribution is 0.228. The van der Waals surface area contributed by atoms with E-state index in [4.69, 9.17) is 0 Å². The van der Waals surface area contributed by atoms with E-state index in [9.17, 15) is 0 Å². The number of likely N-dealkylation sites (N-methyl/N-ethyl adjacent to an activating group) is 1. The zero-order valence-corrected chi connectivity index (χ0v) is 11.0. The summed E-state index contributed by atoms with van der Waals surface area (Å²) in [4.78, 5) is 6.89. The van der Waals surface area contributed by atoms with Crippen LogP contribution >= 0.6 is 11.3 Å². The summed E-state index contributed by atoms with van der Waals surface area (Å²) in [5, 5.41) is 6.98. The molecule has 1 aromatic rings. The molecule has 2 rings (SSSR count). The van der Waals surface area contributed by atoms with Crippen molar-refractivity contribution in [3.05, 3.63) is 16.1 Å². The van der Waals surface area contributed by atoms with Gasteiger partial charge in [-0.25, -0.2) is 4.98 Å². The number of thiazole rings is 1. The van der Waals surface area contributed by atoms with Crippen molar-refractivity contribution in [1.82, 2.24) is 15.2 Å². The summed E-state index contributed by atoms with van der Waals surface area (Å²) >= 11 is 1.74. The van der Waals surface area contributed by atoms with Gasteiger partial charge in [0, 0.05) is 30.9 Å². The van der Waals surface area contributed by atoms with Crippen LogP contribution in [0, 0.1) is 6.92 Å². The molecular formula is C12H21N3S. The Labute approximate surface area is 102 Å². The number of hydrogen-bond donors (Lipinski definition) is 1. The van der Waals surface area contributed by atoms with Gasteiger partial charge in [0.25, 0.3) is 0 Å². The molecule has 3 nitrogen and oxygen atoms in total. The van der Waals surface area contributed by atoms with Gasteiger partial charge in [0.2, 0.25) is 0 Å². The molecule has 2 heterocycles. The van der Waals surface area contributed by atoms with E-state index in [0.29, 0.717) is 6.04 Å².